The van der Waals surface area contributed by atoms with Gasteiger partial charge in [-0.3, -0.25) is 14.8 Å². The molecule has 156 valence electrons. The van der Waals surface area contributed by atoms with Crippen LogP contribution in [0.2, 0.25) is 0 Å². The monoisotopic (exact) mass is 437 g/mol. The molecule has 10 heteroatoms. The van der Waals surface area contributed by atoms with Crippen LogP contribution in [-0.4, -0.2) is 33.1 Å². The number of rotatable bonds is 3. The highest BCUT2D eigenvalue weighted by Gasteiger charge is 2.29. The number of hydrogen-bond acceptors (Lipinski definition) is 7. The van der Waals surface area contributed by atoms with E-state index in [0.717, 1.165) is 16.7 Å². The number of nitrogens with one attached hydrogen (secondary N) is 3. The van der Waals surface area contributed by atoms with Crippen LogP contribution in [0.3, 0.4) is 0 Å². The number of thiophene rings is 1. The predicted octanol–water partition coefficient (Wildman–Crippen LogP) is 3.49. The lowest BCUT2D eigenvalue weighted by Gasteiger charge is -2.02. The van der Waals surface area contributed by atoms with E-state index in [1.54, 1.807) is 19.1 Å². The number of fused-ring (bicyclic) bond motifs is 2. The number of hydrogen-bond donors (Lipinski definition) is 4. The van der Waals surface area contributed by atoms with Gasteiger partial charge in [-0.1, -0.05) is 18.2 Å². The summed E-state index contributed by atoms with van der Waals surface area (Å²) in [5, 5.41) is 11.8. The highest BCUT2D eigenvalue weighted by molar-refractivity contribution is 7.16. The van der Waals surface area contributed by atoms with Gasteiger partial charge in [-0.2, -0.15) is 0 Å². The van der Waals surface area contributed by atoms with Crippen LogP contribution in [0.4, 0.5) is 0 Å². The maximum atomic E-state index is 12.7. The van der Waals surface area contributed by atoms with Crippen LogP contribution < -0.4 is 11.2 Å². The van der Waals surface area contributed by atoms with Gasteiger partial charge in [-0.25, -0.2) is 9.59 Å². The van der Waals surface area contributed by atoms with E-state index < -0.39 is 17.2 Å². The molecule has 31 heavy (non-hydrogen) atoms. The van der Waals surface area contributed by atoms with E-state index in [2.05, 4.69) is 15.0 Å². The third kappa shape index (κ3) is 2.80. The Hall–Kier alpha value is -4.05. The quantitative estimate of drug-likeness (QED) is 0.318. The van der Waals surface area contributed by atoms with Crippen molar-refractivity contribution in [1.29, 1.82) is 0 Å². The maximum absolute atomic E-state index is 12.7. The van der Waals surface area contributed by atoms with Gasteiger partial charge in [0.05, 0.1) is 23.1 Å². The van der Waals surface area contributed by atoms with E-state index in [-0.39, 0.29) is 27.2 Å². The van der Waals surface area contributed by atoms with Crippen LogP contribution in [0.15, 0.2) is 44.3 Å². The van der Waals surface area contributed by atoms with E-state index in [4.69, 9.17) is 9.15 Å². The molecule has 4 aromatic heterocycles. The number of aromatic nitrogens is 3. The lowest BCUT2D eigenvalue weighted by atomic mass is 10.1. The highest BCUT2D eigenvalue weighted by Crippen LogP contribution is 2.47. The van der Waals surface area contributed by atoms with Gasteiger partial charge in [0.25, 0.3) is 5.56 Å². The summed E-state index contributed by atoms with van der Waals surface area (Å²) in [6.07, 6.45) is 0. The van der Waals surface area contributed by atoms with Crippen molar-refractivity contribution in [2.45, 2.75) is 6.92 Å². The molecule has 5 aromatic rings. The molecule has 0 spiro atoms. The van der Waals surface area contributed by atoms with Crippen molar-refractivity contribution >= 4 is 39.3 Å². The van der Waals surface area contributed by atoms with Gasteiger partial charge in [0.15, 0.2) is 5.76 Å². The molecule has 0 unspecified atom stereocenters. The van der Waals surface area contributed by atoms with Crippen molar-refractivity contribution in [2.75, 3.05) is 7.11 Å². The standard InChI is InChI=1S/C21H15N3O6S/c1-8-12(20(27)29-2)16(25)17(31-8)13-14-18(23-21(28)24-19(14)26)22-15(13)11-7-9-5-3-4-6-10(9)30-11/h3-7,25H,1-2H3,(H3,22,23,24,26,28). The minimum absolute atomic E-state index is 0.0215. The summed E-state index contributed by atoms with van der Waals surface area (Å²) in [5.74, 6) is -0.596. The Morgan fingerprint density at radius 2 is 1.94 bits per heavy atom. The SMILES string of the molecule is COC(=O)c1c(C)sc(-c2c(-c3cc4ccccc4o3)[nH]c3[nH]c(=O)[nH]c(=O)c23)c1O. The van der Waals surface area contributed by atoms with Gasteiger partial charge < -0.3 is 19.2 Å². The number of esters is 1. The molecule has 9 nitrogen and oxygen atoms in total. The molecular weight excluding hydrogens is 422 g/mol. The summed E-state index contributed by atoms with van der Waals surface area (Å²) in [5.41, 5.74) is 0.198. The van der Waals surface area contributed by atoms with E-state index in [9.17, 15) is 19.5 Å². The van der Waals surface area contributed by atoms with Crippen molar-refractivity contribution in [3.63, 3.8) is 0 Å². The first-order valence-electron chi connectivity index (χ1n) is 9.17. The number of H-pyrrole nitrogens is 3. The molecule has 0 atom stereocenters. The summed E-state index contributed by atoms with van der Waals surface area (Å²) in [4.78, 5) is 45.3. The van der Waals surface area contributed by atoms with Gasteiger partial charge in [-0.05, 0) is 19.1 Å². The van der Waals surface area contributed by atoms with Crippen molar-refractivity contribution in [2.24, 2.45) is 0 Å². The van der Waals surface area contributed by atoms with Crippen molar-refractivity contribution in [3.05, 3.63) is 61.6 Å². The zero-order chi connectivity index (χ0) is 21.9. The first-order valence-corrected chi connectivity index (χ1v) is 9.99. The normalized spacial score (nSPS) is 11.4. The summed E-state index contributed by atoms with van der Waals surface area (Å²) < 4.78 is 10.7. The number of aromatic hydroxyl groups is 1. The Kier molecular flexibility index (Phi) is 4.12. The van der Waals surface area contributed by atoms with Crippen LogP contribution in [0.5, 0.6) is 5.75 Å². The fourth-order valence-electron chi connectivity index (χ4n) is 3.69. The molecular formula is C21H15N3O6S. The number of aryl methyl sites for hydroxylation is 1. The maximum Gasteiger partial charge on any atom is 0.342 e. The third-order valence-corrected chi connectivity index (χ3v) is 6.15. The molecule has 5 rings (SSSR count). The molecule has 4 heterocycles. The summed E-state index contributed by atoms with van der Waals surface area (Å²) in [7, 11) is 1.22. The minimum atomic E-state index is -0.690. The summed E-state index contributed by atoms with van der Waals surface area (Å²) in [6, 6.07) is 9.17. The number of para-hydroxylation sites is 1. The Balaban J connectivity index is 1.90. The Morgan fingerprint density at radius 3 is 2.68 bits per heavy atom. The number of carbonyl (C=O) groups is 1. The van der Waals surface area contributed by atoms with Gasteiger partial charge in [0.1, 0.15) is 22.5 Å². The Labute approximate surface area is 176 Å². The zero-order valence-electron chi connectivity index (χ0n) is 16.3. The topological polar surface area (TPSA) is 141 Å². The molecule has 4 N–H and O–H groups in total. The molecule has 0 aliphatic heterocycles. The second-order valence-corrected chi connectivity index (χ2v) is 8.11. The van der Waals surface area contributed by atoms with Crippen LogP contribution in [0.1, 0.15) is 15.2 Å². The van der Waals surface area contributed by atoms with Gasteiger partial charge in [0.2, 0.25) is 0 Å². The molecule has 0 amide bonds. The number of methoxy groups -OCH3 is 1. The van der Waals surface area contributed by atoms with E-state index in [1.165, 1.54) is 7.11 Å². The summed E-state index contributed by atoms with van der Waals surface area (Å²) >= 11 is 1.13. The molecule has 0 bridgehead atoms. The minimum Gasteiger partial charge on any atom is -0.505 e. The fourth-order valence-corrected chi connectivity index (χ4v) is 4.79. The molecule has 0 radical (unpaired) electrons. The fraction of sp³-hybridized carbons (Fsp3) is 0.0952. The largest absolute Gasteiger partial charge is 0.505 e. The lowest BCUT2D eigenvalue weighted by Crippen LogP contribution is -2.21. The zero-order valence-corrected chi connectivity index (χ0v) is 17.1. The van der Waals surface area contributed by atoms with Gasteiger partial charge in [0, 0.05) is 15.8 Å². The Morgan fingerprint density at radius 1 is 1.16 bits per heavy atom. The molecule has 0 fully saturated rings. The molecule has 0 saturated heterocycles. The number of carbonyl (C=O) groups excluding carboxylic acids is 1. The first-order chi connectivity index (χ1) is 14.9. The molecule has 0 saturated carbocycles. The molecule has 0 aliphatic carbocycles. The second-order valence-electron chi connectivity index (χ2n) is 6.88. The van der Waals surface area contributed by atoms with Crippen molar-refractivity contribution in [1.82, 2.24) is 15.0 Å². The average Bonchev–Trinajstić information content (AvgIpc) is 3.40. The van der Waals surface area contributed by atoms with Gasteiger partial charge in [-0.15, -0.1) is 11.3 Å². The van der Waals surface area contributed by atoms with Crippen LogP contribution in [0, 0.1) is 6.92 Å². The molecule has 0 aliphatic rings. The number of furan rings is 1. The number of ether oxygens (including phenoxy) is 1. The van der Waals surface area contributed by atoms with Crippen LogP contribution >= 0.6 is 11.3 Å². The van der Waals surface area contributed by atoms with Crippen molar-refractivity contribution in [3.8, 4) is 27.6 Å². The van der Waals surface area contributed by atoms with Crippen LogP contribution in [0.25, 0.3) is 43.9 Å². The highest BCUT2D eigenvalue weighted by atomic mass is 32.1. The van der Waals surface area contributed by atoms with E-state index >= 15 is 0 Å². The number of aromatic amines is 3. The first kappa shape index (κ1) is 18.9. The van der Waals surface area contributed by atoms with Crippen molar-refractivity contribution < 1.29 is 19.1 Å². The average molecular weight is 437 g/mol. The van der Waals surface area contributed by atoms with Gasteiger partial charge >= 0.3 is 11.7 Å². The van der Waals surface area contributed by atoms with E-state index in [0.29, 0.717) is 27.5 Å². The lowest BCUT2D eigenvalue weighted by molar-refractivity contribution is 0.0597. The smallest absolute Gasteiger partial charge is 0.342 e. The Bertz CT molecular complexity index is 1580. The summed E-state index contributed by atoms with van der Waals surface area (Å²) in [6.45, 7) is 1.67. The molecule has 1 aromatic carbocycles. The van der Waals surface area contributed by atoms with Crippen LogP contribution in [-0.2, 0) is 4.74 Å². The number of benzene rings is 1. The predicted molar refractivity (Wildman–Crippen MR) is 116 cm³/mol. The third-order valence-electron chi connectivity index (χ3n) is 5.04. The second kappa shape index (κ2) is 6.74. The van der Waals surface area contributed by atoms with E-state index in [1.807, 2.05) is 18.2 Å².